The average molecular weight is 215 g/mol. The molecule has 0 aromatic rings. The van der Waals surface area contributed by atoms with Crippen molar-refractivity contribution in [2.24, 2.45) is 5.92 Å². The van der Waals surface area contributed by atoms with Gasteiger partial charge in [0, 0.05) is 19.2 Å². The normalized spacial score (nSPS) is 26.1. The zero-order valence-electron chi connectivity index (χ0n) is 9.61. The van der Waals surface area contributed by atoms with E-state index in [4.69, 9.17) is 9.84 Å². The molecule has 0 heterocycles. The second-order valence-corrected chi connectivity index (χ2v) is 4.12. The fourth-order valence-electron chi connectivity index (χ4n) is 2.27. The standard InChI is InChI=1S/C11H21NO3/c1-3-15-8-7-12(2)10-6-4-5-9(10)11(13)14/h9-10H,3-8H2,1-2H3,(H,13,14). The third-order valence-electron chi connectivity index (χ3n) is 3.16. The van der Waals surface area contributed by atoms with Crippen molar-refractivity contribution in [3.05, 3.63) is 0 Å². The van der Waals surface area contributed by atoms with Gasteiger partial charge in [-0.15, -0.1) is 0 Å². The lowest BCUT2D eigenvalue weighted by atomic mass is 10.0. The van der Waals surface area contributed by atoms with Gasteiger partial charge in [-0.3, -0.25) is 4.79 Å². The maximum Gasteiger partial charge on any atom is 0.308 e. The van der Waals surface area contributed by atoms with Crippen molar-refractivity contribution >= 4 is 5.97 Å². The summed E-state index contributed by atoms with van der Waals surface area (Å²) in [6.07, 6.45) is 2.85. The zero-order valence-corrected chi connectivity index (χ0v) is 9.61. The van der Waals surface area contributed by atoms with E-state index in [1.54, 1.807) is 0 Å². The van der Waals surface area contributed by atoms with Gasteiger partial charge in [-0.05, 0) is 26.8 Å². The largest absolute Gasteiger partial charge is 0.481 e. The number of likely N-dealkylation sites (N-methyl/N-ethyl adjacent to an activating group) is 1. The minimum Gasteiger partial charge on any atom is -0.481 e. The number of carbonyl (C=O) groups is 1. The Labute approximate surface area is 91.2 Å². The van der Waals surface area contributed by atoms with Gasteiger partial charge in [0.05, 0.1) is 12.5 Å². The van der Waals surface area contributed by atoms with Gasteiger partial charge in [-0.25, -0.2) is 0 Å². The minimum atomic E-state index is -0.652. The predicted molar refractivity (Wildman–Crippen MR) is 57.9 cm³/mol. The third-order valence-corrected chi connectivity index (χ3v) is 3.16. The first-order valence-electron chi connectivity index (χ1n) is 5.67. The van der Waals surface area contributed by atoms with E-state index >= 15 is 0 Å². The number of nitrogens with zero attached hydrogens (tertiary/aromatic N) is 1. The van der Waals surface area contributed by atoms with Crippen molar-refractivity contribution in [2.45, 2.75) is 32.2 Å². The number of ether oxygens (including phenoxy) is 1. The van der Waals surface area contributed by atoms with Gasteiger partial charge < -0.3 is 14.7 Å². The molecule has 4 heteroatoms. The van der Waals surface area contributed by atoms with Crippen molar-refractivity contribution in [1.82, 2.24) is 4.90 Å². The molecule has 1 N–H and O–H groups in total. The highest BCUT2D eigenvalue weighted by Crippen LogP contribution is 2.29. The van der Waals surface area contributed by atoms with Crippen LogP contribution in [0.2, 0.25) is 0 Å². The Balaban J connectivity index is 2.36. The lowest BCUT2D eigenvalue weighted by molar-refractivity contribution is -0.143. The number of carboxylic acids is 1. The van der Waals surface area contributed by atoms with Crippen LogP contribution in [0.1, 0.15) is 26.2 Å². The number of rotatable bonds is 6. The smallest absolute Gasteiger partial charge is 0.308 e. The highest BCUT2D eigenvalue weighted by molar-refractivity contribution is 5.71. The van der Waals surface area contributed by atoms with Crippen LogP contribution in [0, 0.1) is 5.92 Å². The molecular formula is C11H21NO3. The summed E-state index contributed by atoms with van der Waals surface area (Å²) in [6.45, 7) is 4.20. The molecule has 0 aliphatic heterocycles. The summed E-state index contributed by atoms with van der Waals surface area (Å²) in [7, 11) is 1.99. The van der Waals surface area contributed by atoms with Crippen LogP contribution in [-0.2, 0) is 9.53 Å². The first kappa shape index (κ1) is 12.5. The molecule has 0 radical (unpaired) electrons. The third kappa shape index (κ3) is 3.47. The van der Waals surface area contributed by atoms with Gasteiger partial charge in [-0.2, -0.15) is 0 Å². The number of hydrogen-bond acceptors (Lipinski definition) is 3. The van der Waals surface area contributed by atoms with Crippen LogP contribution in [0.4, 0.5) is 0 Å². The fraction of sp³-hybridized carbons (Fsp3) is 0.909. The quantitative estimate of drug-likeness (QED) is 0.677. The Morgan fingerprint density at radius 2 is 2.27 bits per heavy atom. The van der Waals surface area contributed by atoms with Crippen molar-refractivity contribution in [2.75, 3.05) is 26.8 Å². The number of hydrogen-bond donors (Lipinski definition) is 1. The Hall–Kier alpha value is -0.610. The number of aliphatic carboxylic acids is 1. The molecule has 88 valence electrons. The fourth-order valence-corrected chi connectivity index (χ4v) is 2.27. The van der Waals surface area contributed by atoms with E-state index in [0.717, 1.165) is 32.4 Å². The van der Waals surface area contributed by atoms with Crippen LogP contribution in [0.3, 0.4) is 0 Å². The molecule has 2 atom stereocenters. The van der Waals surface area contributed by atoms with E-state index < -0.39 is 5.97 Å². The molecule has 15 heavy (non-hydrogen) atoms. The lowest BCUT2D eigenvalue weighted by Gasteiger charge is -2.27. The summed E-state index contributed by atoms with van der Waals surface area (Å²) in [5, 5.41) is 9.05. The van der Waals surface area contributed by atoms with E-state index in [1.165, 1.54) is 0 Å². The second-order valence-electron chi connectivity index (χ2n) is 4.12. The predicted octanol–water partition coefficient (Wildman–Crippen LogP) is 1.21. The van der Waals surface area contributed by atoms with E-state index in [9.17, 15) is 4.79 Å². The summed E-state index contributed by atoms with van der Waals surface area (Å²) in [6, 6.07) is 0.197. The summed E-state index contributed by atoms with van der Waals surface area (Å²) in [5.41, 5.74) is 0. The Kier molecular flexibility index (Phi) is 5.05. The van der Waals surface area contributed by atoms with Gasteiger partial charge in [0.25, 0.3) is 0 Å². The van der Waals surface area contributed by atoms with Crippen LogP contribution >= 0.6 is 0 Å². The van der Waals surface area contributed by atoms with E-state index in [0.29, 0.717) is 6.61 Å². The molecule has 2 unspecified atom stereocenters. The maximum atomic E-state index is 11.0. The highest BCUT2D eigenvalue weighted by atomic mass is 16.5. The van der Waals surface area contributed by atoms with E-state index in [2.05, 4.69) is 4.90 Å². The van der Waals surface area contributed by atoms with Crippen LogP contribution in [0.15, 0.2) is 0 Å². The van der Waals surface area contributed by atoms with E-state index in [1.807, 2.05) is 14.0 Å². The molecule has 1 fully saturated rings. The molecule has 4 nitrogen and oxygen atoms in total. The first-order chi connectivity index (χ1) is 7.16. The van der Waals surface area contributed by atoms with E-state index in [-0.39, 0.29) is 12.0 Å². The van der Waals surface area contributed by atoms with Gasteiger partial charge >= 0.3 is 5.97 Å². The Bertz CT molecular complexity index is 208. The first-order valence-corrected chi connectivity index (χ1v) is 5.67. The molecule has 0 aromatic heterocycles. The van der Waals surface area contributed by atoms with Crippen molar-refractivity contribution in [1.29, 1.82) is 0 Å². The van der Waals surface area contributed by atoms with Crippen LogP contribution in [0.25, 0.3) is 0 Å². The Morgan fingerprint density at radius 3 is 2.87 bits per heavy atom. The molecule has 1 rings (SSSR count). The summed E-state index contributed by atoms with van der Waals surface area (Å²) >= 11 is 0. The van der Waals surface area contributed by atoms with Gasteiger partial charge in [0.15, 0.2) is 0 Å². The molecular weight excluding hydrogens is 194 g/mol. The number of carboxylic acid groups (broad SMARTS) is 1. The summed E-state index contributed by atoms with van der Waals surface area (Å²) < 4.78 is 5.27. The van der Waals surface area contributed by atoms with Gasteiger partial charge in [0.2, 0.25) is 0 Å². The lowest BCUT2D eigenvalue weighted by Crippen LogP contribution is -2.39. The van der Waals surface area contributed by atoms with Crippen LogP contribution in [-0.4, -0.2) is 48.8 Å². The second kappa shape index (κ2) is 6.08. The molecule has 1 saturated carbocycles. The molecule has 1 aliphatic rings. The van der Waals surface area contributed by atoms with Crippen molar-refractivity contribution in [3.63, 3.8) is 0 Å². The van der Waals surface area contributed by atoms with Crippen LogP contribution < -0.4 is 0 Å². The van der Waals surface area contributed by atoms with Crippen molar-refractivity contribution < 1.29 is 14.6 Å². The molecule has 1 aliphatic carbocycles. The molecule has 0 amide bonds. The molecule has 0 aromatic carbocycles. The summed E-state index contributed by atoms with van der Waals surface area (Å²) in [5.74, 6) is -0.836. The average Bonchev–Trinajstić information content (AvgIpc) is 2.66. The SMILES string of the molecule is CCOCCN(C)C1CCCC1C(=O)O. The maximum absolute atomic E-state index is 11.0. The van der Waals surface area contributed by atoms with Gasteiger partial charge in [0.1, 0.15) is 0 Å². The topological polar surface area (TPSA) is 49.8 Å². The van der Waals surface area contributed by atoms with Gasteiger partial charge in [-0.1, -0.05) is 6.42 Å². The van der Waals surface area contributed by atoms with Crippen molar-refractivity contribution in [3.8, 4) is 0 Å². The minimum absolute atomic E-state index is 0.184. The van der Waals surface area contributed by atoms with Crippen LogP contribution in [0.5, 0.6) is 0 Å². The molecule has 0 spiro atoms. The monoisotopic (exact) mass is 215 g/mol. The molecule has 0 saturated heterocycles. The zero-order chi connectivity index (χ0) is 11.3. The molecule has 0 bridgehead atoms. The Morgan fingerprint density at radius 1 is 1.53 bits per heavy atom. The summed E-state index contributed by atoms with van der Waals surface area (Å²) in [4.78, 5) is 13.1. The highest BCUT2D eigenvalue weighted by Gasteiger charge is 2.35.